The van der Waals surface area contributed by atoms with E-state index in [2.05, 4.69) is 49.4 Å². The fraction of sp³-hybridized carbons (Fsp3) is 0.632. The molecule has 22 heavy (non-hydrogen) atoms. The van der Waals surface area contributed by atoms with Crippen molar-refractivity contribution < 1.29 is 9.90 Å². The predicted octanol–water partition coefficient (Wildman–Crippen LogP) is 4.97. The van der Waals surface area contributed by atoms with Gasteiger partial charge in [-0.05, 0) is 99.7 Å². The third-order valence-electron chi connectivity index (χ3n) is 5.40. The molecule has 1 fully saturated rings. The number of carbonyl (C=O) groups excluding carboxylic acids is 1. The summed E-state index contributed by atoms with van der Waals surface area (Å²) in [5, 5.41) is 10.5. The van der Waals surface area contributed by atoms with Crippen LogP contribution < -0.4 is 0 Å². The van der Waals surface area contributed by atoms with E-state index in [4.69, 9.17) is 0 Å². The van der Waals surface area contributed by atoms with Gasteiger partial charge in [0.25, 0.3) is 0 Å². The average molecular weight is 414 g/mol. The molecule has 0 heterocycles. The Morgan fingerprint density at radius 1 is 1.36 bits per heavy atom. The van der Waals surface area contributed by atoms with Crippen molar-refractivity contribution in [1.29, 1.82) is 0 Å². The number of hydrogen-bond donors (Lipinski definition) is 1. The summed E-state index contributed by atoms with van der Waals surface area (Å²) in [6.45, 7) is 8.69. The minimum Gasteiger partial charge on any atom is -0.389 e. The van der Waals surface area contributed by atoms with E-state index in [0.29, 0.717) is 11.8 Å². The molecule has 0 amide bonds. The van der Waals surface area contributed by atoms with Crippen molar-refractivity contribution >= 4 is 28.9 Å². The molecule has 1 saturated carbocycles. The molecule has 0 aromatic rings. The first-order valence-electron chi connectivity index (χ1n) is 8.14. The Labute approximate surface area is 147 Å². The van der Waals surface area contributed by atoms with E-state index in [1.165, 1.54) is 3.58 Å². The zero-order valence-electron chi connectivity index (χ0n) is 14.0. The summed E-state index contributed by atoms with van der Waals surface area (Å²) in [5.41, 5.74) is 3.32. The standard InChI is InChI=1S/C19H27IO2/c1-12(8-14-6-5-7-15(14)11-21)18(22)10-17-16(9-13(2)20)19(17,3)4/h8-9,11,16-18,22H,5-7,10H2,1-4H3/b12-8+,13-9+/t16-,17+,18?/m1/s1. The molecule has 0 spiro atoms. The maximum Gasteiger partial charge on any atom is 0.146 e. The summed E-state index contributed by atoms with van der Waals surface area (Å²) in [5.74, 6) is 1.11. The molecule has 122 valence electrons. The van der Waals surface area contributed by atoms with Gasteiger partial charge in [0, 0.05) is 0 Å². The van der Waals surface area contributed by atoms with Crippen molar-refractivity contribution in [2.45, 2.75) is 59.5 Å². The van der Waals surface area contributed by atoms with Gasteiger partial charge in [0.2, 0.25) is 0 Å². The number of aldehydes is 1. The molecule has 1 N–H and O–H groups in total. The second-order valence-corrected chi connectivity index (χ2v) is 9.07. The molecule has 0 aliphatic heterocycles. The van der Waals surface area contributed by atoms with Crippen LogP contribution in [0.4, 0.5) is 0 Å². The van der Waals surface area contributed by atoms with E-state index in [-0.39, 0.29) is 5.41 Å². The maximum atomic E-state index is 11.0. The van der Waals surface area contributed by atoms with Crippen LogP contribution >= 0.6 is 22.6 Å². The topological polar surface area (TPSA) is 37.3 Å². The Hall–Kier alpha value is -0.420. The van der Waals surface area contributed by atoms with E-state index >= 15 is 0 Å². The smallest absolute Gasteiger partial charge is 0.146 e. The molecule has 2 aliphatic rings. The van der Waals surface area contributed by atoms with Crippen molar-refractivity contribution in [3.63, 3.8) is 0 Å². The van der Waals surface area contributed by atoms with Crippen LogP contribution in [0.15, 0.2) is 32.5 Å². The number of allylic oxidation sites excluding steroid dienone is 5. The first-order valence-corrected chi connectivity index (χ1v) is 9.22. The Balaban J connectivity index is 2.02. The van der Waals surface area contributed by atoms with Crippen LogP contribution in [-0.4, -0.2) is 17.5 Å². The molecule has 3 heteroatoms. The monoisotopic (exact) mass is 414 g/mol. The van der Waals surface area contributed by atoms with E-state index < -0.39 is 6.10 Å². The number of rotatable bonds is 6. The van der Waals surface area contributed by atoms with Gasteiger partial charge in [-0.1, -0.05) is 26.0 Å². The highest BCUT2D eigenvalue weighted by atomic mass is 127. The summed E-state index contributed by atoms with van der Waals surface area (Å²) in [6.07, 6.45) is 8.67. The predicted molar refractivity (Wildman–Crippen MR) is 99.9 cm³/mol. The first kappa shape index (κ1) is 17.9. The molecule has 2 rings (SSSR count). The van der Waals surface area contributed by atoms with Gasteiger partial charge in [-0.15, -0.1) is 0 Å². The van der Waals surface area contributed by atoms with E-state index in [9.17, 15) is 9.90 Å². The van der Waals surface area contributed by atoms with Crippen LogP contribution in [0.2, 0.25) is 0 Å². The molecular weight excluding hydrogens is 387 g/mol. The molecule has 2 aliphatic carbocycles. The lowest BCUT2D eigenvalue weighted by Crippen LogP contribution is -2.11. The molecule has 0 aromatic heterocycles. The normalized spacial score (nSPS) is 29.7. The second-order valence-electron chi connectivity index (χ2n) is 7.37. The van der Waals surface area contributed by atoms with Gasteiger partial charge < -0.3 is 5.11 Å². The van der Waals surface area contributed by atoms with Gasteiger partial charge in [-0.25, -0.2) is 0 Å². The van der Waals surface area contributed by atoms with Gasteiger partial charge in [0.1, 0.15) is 6.29 Å². The van der Waals surface area contributed by atoms with Crippen molar-refractivity contribution in [2.24, 2.45) is 17.3 Å². The quantitative estimate of drug-likeness (QED) is 0.492. The van der Waals surface area contributed by atoms with E-state index in [1.807, 2.05) is 13.0 Å². The number of aliphatic hydroxyl groups is 1. The summed E-state index contributed by atoms with van der Waals surface area (Å²) in [7, 11) is 0. The van der Waals surface area contributed by atoms with Crippen molar-refractivity contribution in [3.8, 4) is 0 Å². The SMILES string of the molecule is C/C(I)=C\[C@@H]1[C@H](CC(O)/C(C)=C/C2=C(C=O)CCC2)C1(C)C. The first-order chi connectivity index (χ1) is 10.3. The lowest BCUT2D eigenvalue weighted by Gasteiger charge is -2.13. The molecule has 2 nitrogen and oxygen atoms in total. The van der Waals surface area contributed by atoms with Crippen molar-refractivity contribution in [2.75, 3.05) is 0 Å². The highest BCUT2D eigenvalue weighted by Crippen LogP contribution is 2.61. The summed E-state index contributed by atoms with van der Waals surface area (Å²) >= 11 is 2.36. The van der Waals surface area contributed by atoms with Crippen LogP contribution in [-0.2, 0) is 4.79 Å². The largest absolute Gasteiger partial charge is 0.389 e. The van der Waals surface area contributed by atoms with Gasteiger partial charge in [-0.2, -0.15) is 0 Å². The van der Waals surface area contributed by atoms with Gasteiger partial charge >= 0.3 is 0 Å². The van der Waals surface area contributed by atoms with Crippen LogP contribution in [0, 0.1) is 17.3 Å². The second kappa shape index (κ2) is 7.00. The van der Waals surface area contributed by atoms with Crippen molar-refractivity contribution in [3.05, 3.63) is 32.5 Å². The van der Waals surface area contributed by atoms with Crippen LogP contribution in [0.3, 0.4) is 0 Å². The lowest BCUT2D eigenvalue weighted by atomic mass is 9.98. The molecule has 0 bridgehead atoms. The summed E-state index contributed by atoms with van der Waals surface area (Å²) < 4.78 is 1.33. The zero-order valence-corrected chi connectivity index (χ0v) is 16.2. The molecule has 0 radical (unpaired) electrons. The number of aliphatic hydroxyl groups excluding tert-OH is 1. The van der Waals surface area contributed by atoms with Crippen LogP contribution in [0.5, 0.6) is 0 Å². The minimum atomic E-state index is -0.404. The summed E-state index contributed by atoms with van der Waals surface area (Å²) in [6, 6.07) is 0. The average Bonchev–Trinajstić information content (AvgIpc) is 2.80. The Morgan fingerprint density at radius 2 is 2.00 bits per heavy atom. The fourth-order valence-corrected chi connectivity index (χ4v) is 4.09. The van der Waals surface area contributed by atoms with Crippen LogP contribution in [0.1, 0.15) is 53.4 Å². The van der Waals surface area contributed by atoms with Crippen LogP contribution in [0.25, 0.3) is 0 Å². The van der Waals surface area contributed by atoms with Gasteiger partial charge in [0.05, 0.1) is 6.10 Å². The maximum absolute atomic E-state index is 11.0. The zero-order chi connectivity index (χ0) is 16.5. The third-order valence-corrected chi connectivity index (χ3v) is 5.76. The molecule has 0 aromatic carbocycles. The highest BCUT2D eigenvalue weighted by Gasteiger charge is 2.56. The van der Waals surface area contributed by atoms with Gasteiger partial charge in [0.15, 0.2) is 0 Å². The molecule has 1 unspecified atom stereocenters. The molecule has 0 saturated heterocycles. The van der Waals surface area contributed by atoms with Gasteiger partial charge in [-0.3, -0.25) is 4.79 Å². The Bertz CT molecular complexity index is 536. The number of carbonyl (C=O) groups is 1. The molecule has 3 atom stereocenters. The number of hydrogen-bond acceptors (Lipinski definition) is 2. The molecular formula is C19H27IO2. The Morgan fingerprint density at radius 3 is 2.59 bits per heavy atom. The van der Waals surface area contributed by atoms with Crippen molar-refractivity contribution in [1.82, 2.24) is 0 Å². The Kier molecular flexibility index (Phi) is 5.70. The summed E-state index contributed by atoms with van der Waals surface area (Å²) in [4.78, 5) is 11.0. The minimum absolute atomic E-state index is 0.286. The van der Waals surface area contributed by atoms with E-state index in [1.54, 1.807) is 0 Å². The fourth-order valence-electron chi connectivity index (χ4n) is 3.70. The lowest BCUT2D eigenvalue weighted by molar-refractivity contribution is -0.105. The number of halogens is 1. The van der Waals surface area contributed by atoms with E-state index in [0.717, 1.165) is 48.7 Å². The highest BCUT2D eigenvalue weighted by molar-refractivity contribution is 14.1. The third kappa shape index (κ3) is 3.91.